The summed E-state index contributed by atoms with van der Waals surface area (Å²) in [7, 11) is 0. The maximum atomic E-state index is 13.5. The summed E-state index contributed by atoms with van der Waals surface area (Å²) in [4.78, 5) is 29.6. The molecule has 0 saturated heterocycles. The third kappa shape index (κ3) is 5.63. The number of benzene rings is 3. The number of rotatable bonds is 7. The van der Waals surface area contributed by atoms with Crippen molar-refractivity contribution in [1.82, 2.24) is 9.66 Å². The van der Waals surface area contributed by atoms with Crippen molar-refractivity contribution in [2.45, 2.75) is 44.6 Å². The molecule has 4 aromatic rings. The van der Waals surface area contributed by atoms with Gasteiger partial charge in [-0.3, -0.25) is 14.9 Å². The molecule has 38 heavy (non-hydrogen) atoms. The van der Waals surface area contributed by atoms with E-state index in [1.54, 1.807) is 6.07 Å². The van der Waals surface area contributed by atoms with E-state index in [2.05, 4.69) is 21.0 Å². The van der Waals surface area contributed by atoms with Crippen LogP contribution in [0.4, 0.5) is 5.69 Å². The maximum Gasteiger partial charge on any atom is 0.313 e. The van der Waals surface area contributed by atoms with E-state index in [9.17, 15) is 14.9 Å². The molecule has 1 aromatic heterocycles. The minimum absolute atomic E-state index is 0.0186. The number of fused-ring (bicyclic) bond motifs is 1. The molecule has 194 valence electrons. The zero-order chi connectivity index (χ0) is 26.6. The first kappa shape index (κ1) is 26.1. The summed E-state index contributed by atoms with van der Waals surface area (Å²) in [5, 5.41) is 16.8. The lowest BCUT2D eigenvalue weighted by Crippen LogP contribution is -2.25. The normalized spacial score (nSPS) is 14.3. The first-order valence-electron chi connectivity index (χ1n) is 12.3. The van der Waals surface area contributed by atoms with Gasteiger partial charge >= 0.3 is 5.69 Å². The summed E-state index contributed by atoms with van der Waals surface area (Å²) in [5.74, 6) is 0.687. The molecule has 0 atom stereocenters. The topological polar surface area (TPSA) is 99.6 Å². The fourth-order valence-corrected chi connectivity index (χ4v) is 5.35. The van der Waals surface area contributed by atoms with Crippen LogP contribution in [0.3, 0.4) is 0 Å². The largest absolute Gasteiger partial charge is 0.481 e. The summed E-state index contributed by atoms with van der Waals surface area (Å²) < 4.78 is 7.81. The molecule has 1 heterocycles. The fraction of sp³-hybridized carbons (Fsp3) is 0.250. The third-order valence-corrected chi connectivity index (χ3v) is 7.37. The molecule has 0 spiro atoms. The van der Waals surface area contributed by atoms with E-state index in [0.717, 1.165) is 42.1 Å². The predicted molar refractivity (Wildman–Crippen MR) is 151 cm³/mol. The smallest absolute Gasteiger partial charge is 0.313 e. The standard InChI is InChI=1S/C28H24BrClN4O4/c29-21-11-12-24-22(15-21)28(35)33(27(32-24)20-9-5-2-6-10-20)31-16-19-13-23(30)26(25(14-19)34(36)37)38-17-18-7-3-1-4-8-18/h1,3-4,7-8,11-16,20H,2,5-6,9-10,17H2. The molecule has 0 radical (unpaired) electrons. The first-order valence-corrected chi connectivity index (χ1v) is 13.5. The van der Waals surface area contributed by atoms with Crippen molar-refractivity contribution in [1.29, 1.82) is 0 Å². The minimum Gasteiger partial charge on any atom is -0.481 e. The Morgan fingerprint density at radius 2 is 1.89 bits per heavy atom. The van der Waals surface area contributed by atoms with Crippen LogP contribution in [0.15, 0.2) is 75.0 Å². The van der Waals surface area contributed by atoms with E-state index in [-0.39, 0.29) is 34.5 Å². The van der Waals surface area contributed by atoms with Crippen molar-refractivity contribution < 1.29 is 9.66 Å². The SMILES string of the molecule is O=c1c2cc(Br)ccc2nc(C2CCCCC2)n1N=Cc1cc(Cl)c(OCc2ccccc2)c([N+](=O)[O-])c1. The Hall–Kier alpha value is -3.56. The van der Waals surface area contributed by atoms with Crippen molar-refractivity contribution in [2.75, 3.05) is 0 Å². The van der Waals surface area contributed by atoms with Crippen LogP contribution in [0.25, 0.3) is 10.9 Å². The molecule has 5 rings (SSSR count). The van der Waals surface area contributed by atoms with Crippen LogP contribution >= 0.6 is 27.5 Å². The second-order valence-electron chi connectivity index (χ2n) is 9.21. The lowest BCUT2D eigenvalue weighted by Gasteiger charge is -2.22. The maximum absolute atomic E-state index is 13.5. The van der Waals surface area contributed by atoms with Crippen molar-refractivity contribution in [3.8, 4) is 5.75 Å². The Bertz CT molecular complexity index is 1580. The highest BCUT2D eigenvalue weighted by Gasteiger charge is 2.23. The zero-order valence-electron chi connectivity index (χ0n) is 20.3. The lowest BCUT2D eigenvalue weighted by molar-refractivity contribution is -0.385. The van der Waals surface area contributed by atoms with Gasteiger partial charge in [0.25, 0.3) is 5.56 Å². The van der Waals surface area contributed by atoms with Crippen molar-refractivity contribution in [3.05, 3.63) is 108 Å². The van der Waals surface area contributed by atoms with Gasteiger partial charge in [-0.2, -0.15) is 9.78 Å². The highest BCUT2D eigenvalue weighted by atomic mass is 79.9. The van der Waals surface area contributed by atoms with E-state index in [1.807, 2.05) is 42.5 Å². The van der Waals surface area contributed by atoms with Gasteiger partial charge in [0, 0.05) is 22.0 Å². The second-order valence-corrected chi connectivity index (χ2v) is 10.5. The van der Waals surface area contributed by atoms with E-state index in [4.69, 9.17) is 21.3 Å². The second kappa shape index (κ2) is 11.4. The fourth-order valence-electron chi connectivity index (χ4n) is 4.71. The number of aromatic nitrogens is 2. The van der Waals surface area contributed by atoms with E-state index in [1.165, 1.54) is 23.0 Å². The molecule has 1 fully saturated rings. The van der Waals surface area contributed by atoms with Gasteiger partial charge in [0.1, 0.15) is 12.4 Å². The highest BCUT2D eigenvalue weighted by Crippen LogP contribution is 2.37. The van der Waals surface area contributed by atoms with Crippen LogP contribution in [-0.2, 0) is 6.61 Å². The molecule has 0 unspecified atom stereocenters. The number of nitro benzene ring substituents is 1. The summed E-state index contributed by atoms with van der Waals surface area (Å²) in [6.45, 7) is 0.132. The average molecular weight is 596 g/mol. The van der Waals surface area contributed by atoms with Crippen LogP contribution in [0.2, 0.25) is 5.02 Å². The Labute approximate surface area is 232 Å². The average Bonchev–Trinajstić information content (AvgIpc) is 2.93. The van der Waals surface area contributed by atoms with Crippen LogP contribution in [-0.4, -0.2) is 20.8 Å². The Morgan fingerprint density at radius 3 is 2.63 bits per heavy atom. The van der Waals surface area contributed by atoms with E-state index in [0.29, 0.717) is 22.3 Å². The van der Waals surface area contributed by atoms with Crippen LogP contribution < -0.4 is 10.3 Å². The molecule has 1 aliphatic carbocycles. The molecule has 1 saturated carbocycles. The Morgan fingerprint density at radius 1 is 1.13 bits per heavy atom. The number of ether oxygens (including phenoxy) is 1. The molecule has 10 heteroatoms. The quantitative estimate of drug-likeness (QED) is 0.127. The molecule has 0 N–H and O–H groups in total. The van der Waals surface area contributed by atoms with Gasteiger partial charge in [-0.15, -0.1) is 0 Å². The van der Waals surface area contributed by atoms with Crippen LogP contribution in [0.1, 0.15) is 55.0 Å². The van der Waals surface area contributed by atoms with Gasteiger partial charge in [-0.1, -0.05) is 77.1 Å². The summed E-state index contributed by atoms with van der Waals surface area (Å²) >= 11 is 9.85. The van der Waals surface area contributed by atoms with Crippen molar-refractivity contribution in [3.63, 3.8) is 0 Å². The molecule has 1 aliphatic rings. The molecular formula is C28H24BrClN4O4. The molecule has 0 amide bonds. The molecular weight excluding hydrogens is 572 g/mol. The molecule has 8 nitrogen and oxygen atoms in total. The van der Waals surface area contributed by atoms with Crippen molar-refractivity contribution >= 4 is 50.3 Å². The van der Waals surface area contributed by atoms with Gasteiger partial charge < -0.3 is 4.74 Å². The Kier molecular flexibility index (Phi) is 7.85. The van der Waals surface area contributed by atoms with Gasteiger partial charge in [-0.25, -0.2) is 4.98 Å². The van der Waals surface area contributed by atoms with Crippen LogP contribution in [0, 0.1) is 10.1 Å². The zero-order valence-corrected chi connectivity index (χ0v) is 22.7. The number of halogens is 2. The minimum atomic E-state index is -0.543. The van der Waals surface area contributed by atoms with E-state index >= 15 is 0 Å². The summed E-state index contributed by atoms with van der Waals surface area (Å²) in [5.41, 5.74) is 1.26. The monoisotopic (exact) mass is 594 g/mol. The van der Waals surface area contributed by atoms with Gasteiger partial charge in [0.05, 0.1) is 27.1 Å². The third-order valence-electron chi connectivity index (χ3n) is 6.60. The lowest BCUT2D eigenvalue weighted by atomic mass is 9.88. The number of nitro groups is 1. The van der Waals surface area contributed by atoms with Gasteiger partial charge in [0.2, 0.25) is 5.75 Å². The number of nitrogens with zero attached hydrogens (tertiary/aromatic N) is 4. The van der Waals surface area contributed by atoms with Crippen molar-refractivity contribution in [2.24, 2.45) is 5.10 Å². The predicted octanol–water partition coefficient (Wildman–Crippen LogP) is 7.23. The molecule has 0 aliphatic heterocycles. The molecule has 3 aromatic carbocycles. The van der Waals surface area contributed by atoms with E-state index < -0.39 is 4.92 Å². The Balaban J connectivity index is 1.53. The highest BCUT2D eigenvalue weighted by molar-refractivity contribution is 9.10. The van der Waals surface area contributed by atoms with Gasteiger partial charge in [-0.05, 0) is 42.7 Å². The number of hydrogen-bond donors (Lipinski definition) is 0. The van der Waals surface area contributed by atoms with Gasteiger partial charge in [0.15, 0.2) is 0 Å². The molecule has 0 bridgehead atoms. The van der Waals surface area contributed by atoms with Crippen LogP contribution in [0.5, 0.6) is 5.75 Å². The number of hydrogen-bond acceptors (Lipinski definition) is 6. The first-order chi connectivity index (χ1) is 18.4. The summed E-state index contributed by atoms with van der Waals surface area (Å²) in [6, 6.07) is 17.6. The summed E-state index contributed by atoms with van der Waals surface area (Å²) in [6.07, 6.45) is 6.54.